The third-order valence-corrected chi connectivity index (χ3v) is 5.94. The minimum Gasteiger partial charge on any atom is -0.294 e. The van der Waals surface area contributed by atoms with Gasteiger partial charge in [-0.25, -0.2) is 0 Å². The van der Waals surface area contributed by atoms with Gasteiger partial charge in [0.2, 0.25) is 0 Å². The van der Waals surface area contributed by atoms with Crippen molar-refractivity contribution in [3.63, 3.8) is 0 Å². The molecular formula is C18H22O. The van der Waals surface area contributed by atoms with Gasteiger partial charge >= 0.3 is 0 Å². The standard InChI is InChI=1S/C18H22O/c1-11-4-2-3-5-16(11)18(19)17-14-7-12-6-13(9-14)10-15(17)8-12/h2-5,12-15,17H,6-10H2,1H3. The second-order valence-corrected chi connectivity index (χ2v) is 7.14. The van der Waals surface area contributed by atoms with E-state index < -0.39 is 0 Å². The molecule has 0 aliphatic heterocycles. The van der Waals surface area contributed by atoms with Gasteiger partial charge in [-0.1, -0.05) is 24.3 Å². The molecular weight excluding hydrogens is 232 g/mol. The summed E-state index contributed by atoms with van der Waals surface area (Å²) in [4.78, 5) is 13.0. The highest BCUT2D eigenvalue weighted by Gasteiger charge is 2.50. The number of hydrogen-bond donors (Lipinski definition) is 0. The molecule has 4 fully saturated rings. The summed E-state index contributed by atoms with van der Waals surface area (Å²) in [6.45, 7) is 2.07. The van der Waals surface area contributed by atoms with E-state index in [1.165, 1.54) is 32.1 Å². The van der Waals surface area contributed by atoms with Gasteiger partial charge in [0.05, 0.1) is 0 Å². The molecule has 0 atom stereocenters. The van der Waals surface area contributed by atoms with E-state index in [-0.39, 0.29) is 0 Å². The molecule has 100 valence electrons. The summed E-state index contributed by atoms with van der Waals surface area (Å²) in [6, 6.07) is 8.14. The molecule has 1 heteroatoms. The minimum atomic E-state index is 0.342. The van der Waals surface area contributed by atoms with Crippen LogP contribution in [-0.4, -0.2) is 5.78 Å². The number of benzene rings is 1. The Balaban J connectivity index is 1.66. The normalized spacial score (nSPS) is 39.5. The highest BCUT2D eigenvalue weighted by atomic mass is 16.1. The van der Waals surface area contributed by atoms with Crippen molar-refractivity contribution in [1.29, 1.82) is 0 Å². The van der Waals surface area contributed by atoms with Gasteiger partial charge in [0.15, 0.2) is 5.78 Å². The lowest BCUT2D eigenvalue weighted by molar-refractivity contribution is -0.0251. The van der Waals surface area contributed by atoms with Crippen molar-refractivity contribution in [2.75, 3.05) is 0 Å². The maximum absolute atomic E-state index is 13.0. The van der Waals surface area contributed by atoms with Gasteiger partial charge in [-0.2, -0.15) is 0 Å². The highest BCUT2D eigenvalue weighted by molar-refractivity contribution is 5.99. The molecule has 4 aliphatic rings. The maximum Gasteiger partial charge on any atom is 0.166 e. The van der Waals surface area contributed by atoms with Crippen molar-refractivity contribution >= 4 is 5.78 Å². The minimum absolute atomic E-state index is 0.342. The molecule has 19 heavy (non-hydrogen) atoms. The smallest absolute Gasteiger partial charge is 0.166 e. The van der Waals surface area contributed by atoms with Crippen molar-refractivity contribution in [2.24, 2.45) is 29.6 Å². The Morgan fingerprint density at radius 2 is 1.53 bits per heavy atom. The second-order valence-electron chi connectivity index (χ2n) is 7.14. The monoisotopic (exact) mass is 254 g/mol. The van der Waals surface area contributed by atoms with E-state index in [4.69, 9.17) is 0 Å². The van der Waals surface area contributed by atoms with Gasteiger partial charge in [0.1, 0.15) is 0 Å². The zero-order valence-electron chi connectivity index (χ0n) is 11.6. The van der Waals surface area contributed by atoms with Crippen LogP contribution >= 0.6 is 0 Å². The van der Waals surface area contributed by atoms with Crippen LogP contribution in [0.4, 0.5) is 0 Å². The summed E-state index contributed by atoms with van der Waals surface area (Å²) in [7, 11) is 0. The number of hydrogen-bond acceptors (Lipinski definition) is 1. The van der Waals surface area contributed by atoms with Gasteiger partial charge in [-0.15, -0.1) is 0 Å². The van der Waals surface area contributed by atoms with E-state index in [1.54, 1.807) is 0 Å². The van der Waals surface area contributed by atoms with Crippen LogP contribution < -0.4 is 0 Å². The Kier molecular flexibility index (Phi) is 2.58. The second kappa shape index (κ2) is 4.19. The molecule has 0 heterocycles. The van der Waals surface area contributed by atoms with Gasteiger partial charge < -0.3 is 0 Å². The Morgan fingerprint density at radius 3 is 2.11 bits per heavy atom. The van der Waals surface area contributed by atoms with Crippen LogP contribution in [0.5, 0.6) is 0 Å². The topological polar surface area (TPSA) is 17.1 Å². The SMILES string of the molecule is Cc1ccccc1C(=O)C1C2CC3CC(C2)CC1C3. The summed E-state index contributed by atoms with van der Waals surface area (Å²) in [5.41, 5.74) is 2.14. The number of aryl methyl sites for hydroxylation is 1. The molecule has 0 unspecified atom stereocenters. The fourth-order valence-corrected chi connectivity index (χ4v) is 5.38. The first-order chi connectivity index (χ1) is 9.22. The van der Waals surface area contributed by atoms with Gasteiger partial charge in [0, 0.05) is 11.5 Å². The molecule has 4 saturated carbocycles. The van der Waals surface area contributed by atoms with Crippen molar-refractivity contribution in [3.8, 4) is 0 Å². The van der Waals surface area contributed by atoms with Crippen molar-refractivity contribution < 1.29 is 4.79 Å². The zero-order valence-corrected chi connectivity index (χ0v) is 11.6. The average Bonchev–Trinajstić information content (AvgIpc) is 2.37. The van der Waals surface area contributed by atoms with Crippen LogP contribution in [0.1, 0.15) is 48.0 Å². The summed E-state index contributed by atoms with van der Waals surface area (Å²) in [6.07, 6.45) is 6.77. The molecule has 4 bridgehead atoms. The van der Waals surface area contributed by atoms with Crippen molar-refractivity contribution in [3.05, 3.63) is 35.4 Å². The fourth-order valence-electron chi connectivity index (χ4n) is 5.38. The first-order valence-corrected chi connectivity index (χ1v) is 7.82. The molecule has 1 aromatic rings. The lowest BCUT2D eigenvalue weighted by atomic mass is 9.51. The highest BCUT2D eigenvalue weighted by Crippen LogP contribution is 2.57. The van der Waals surface area contributed by atoms with E-state index in [2.05, 4.69) is 13.0 Å². The molecule has 0 saturated heterocycles. The van der Waals surface area contributed by atoms with E-state index in [1.807, 2.05) is 18.2 Å². The van der Waals surface area contributed by atoms with E-state index >= 15 is 0 Å². The summed E-state index contributed by atoms with van der Waals surface area (Å²) in [5, 5.41) is 0. The lowest BCUT2D eigenvalue weighted by Gasteiger charge is -2.53. The number of carbonyl (C=O) groups is 1. The quantitative estimate of drug-likeness (QED) is 0.721. The predicted molar refractivity (Wildman–Crippen MR) is 76.0 cm³/mol. The Hall–Kier alpha value is -1.11. The van der Waals surface area contributed by atoms with Gasteiger partial charge in [0.25, 0.3) is 0 Å². The maximum atomic E-state index is 13.0. The number of rotatable bonds is 2. The van der Waals surface area contributed by atoms with Gasteiger partial charge in [-0.3, -0.25) is 4.79 Å². The van der Waals surface area contributed by atoms with Crippen LogP contribution in [0.15, 0.2) is 24.3 Å². The Morgan fingerprint density at radius 1 is 0.947 bits per heavy atom. The summed E-state index contributed by atoms with van der Waals surface area (Å²) >= 11 is 0. The van der Waals surface area contributed by atoms with Crippen molar-refractivity contribution in [2.45, 2.75) is 39.0 Å². The van der Waals surface area contributed by atoms with Gasteiger partial charge in [-0.05, 0) is 68.3 Å². The van der Waals surface area contributed by atoms with Crippen molar-refractivity contribution in [1.82, 2.24) is 0 Å². The van der Waals surface area contributed by atoms with Crippen LogP contribution in [0.3, 0.4) is 0 Å². The largest absolute Gasteiger partial charge is 0.294 e. The third kappa shape index (κ3) is 1.78. The molecule has 1 aromatic carbocycles. The number of Topliss-reactive ketones (excluding diaryl/α,β-unsaturated/α-hetero) is 1. The van der Waals surface area contributed by atoms with E-state index in [0.717, 1.165) is 23.0 Å². The van der Waals surface area contributed by atoms with E-state index in [9.17, 15) is 4.79 Å². The Labute approximate surface area is 115 Å². The van der Waals surface area contributed by atoms with E-state index in [0.29, 0.717) is 23.5 Å². The average molecular weight is 254 g/mol. The van der Waals surface area contributed by atoms with Crippen LogP contribution in [0, 0.1) is 36.5 Å². The molecule has 0 N–H and O–H groups in total. The molecule has 1 nitrogen and oxygen atoms in total. The first-order valence-electron chi connectivity index (χ1n) is 7.82. The third-order valence-electron chi connectivity index (χ3n) is 5.94. The molecule has 0 amide bonds. The van der Waals surface area contributed by atoms with Crippen LogP contribution in [-0.2, 0) is 0 Å². The lowest BCUT2D eigenvalue weighted by Crippen LogP contribution is -2.48. The molecule has 4 aliphatic carbocycles. The molecule has 5 rings (SSSR count). The molecule has 0 aromatic heterocycles. The number of ketones is 1. The number of carbonyl (C=O) groups excluding carboxylic acids is 1. The first kappa shape index (κ1) is 11.7. The molecule has 0 radical (unpaired) electrons. The van der Waals surface area contributed by atoms with Crippen LogP contribution in [0.25, 0.3) is 0 Å². The summed E-state index contributed by atoms with van der Waals surface area (Å²) < 4.78 is 0. The predicted octanol–water partition coefficient (Wildman–Crippen LogP) is 4.25. The summed E-state index contributed by atoms with van der Waals surface area (Å²) in [5.74, 6) is 4.08. The molecule has 0 spiro atoms. The Bertz CT molecular complexity index is 488. The zero-order chi connectivity index (χ0) is 13.0. The van der Waals surface area contributed by atoms with Crippen LogP contribution in [0.2, 0.25) is 0 Å². The fraction of sp³-hybridized carbons (Fsp3) is 0.611.